The molecule has 0 aliphatic carbocycles. The maximum Gasteiger partial charge on any atom is 0.168 e. The summed E-state index contributed by atoms with van der Waals surface area (Å²) in [4.78, 5) is 21.6. The van der Waals surface area contributed by atoms with E-state index in [9.17, 15) is 4.79 Å². The number of pyridine rings is 1. The van der Waals surface area contributed by atoms with Crippen LogP contribution in [0, 0.1) is 13.8 Å². The lowest BCUT2D eigenvalue weighted by molar-refractivity contribution is 0.0992. The molecule has 2 aromatic heterocycles. The number of imidazole rings is 1. The fourth-order valence-corrected chi connectivity index (χ4v) is 2.98. The molecule has 0 bridgehead atoms. The Morgan fingerprint density at radius 1 is 1.04 bits per heavy atom. The van der Waals surface area contributed by atoms with Crippen LogP contribution in [0.25, 0.3) is 22.0 Å². The van der Waals surface area contributed by atoms with Crippen LogP contribution in [0.4, 0.5) is 0 Å². The van der Waals surface area contributed by atoms with E-state index in [1.54, 1.807) is 6.20 Å². The van der Waals surface area contributed by atoms with E-state index in [4.69, 9.17) is 5.48 Å². The van der Waals surface area contributed by atoms with Gasteiger partial charge in [0.2, 0.25) is 0 Å². The van der Waals surface area contributed by atoms with Crippen LogP contribution < -0.4 is 0 Å². The first-order chi connectivity index (χ1) is 14.7. The van der Waals surface area contributed by atoms with Crippen LogP contribution in [0.5, 0.6) is 0 Å². The summed E-state index contributed by atoms with van der Waals surface area (Å²) >= 11 is 0. The highest BCUT2D eigenvalue weighted by Gasteiger charge is 2.10. The number of carbonyl (C=O) groups excluding carboxylic acids is 1. The maximum atomic E-state index is 12.9. The number of fused-ring (bicyclic) bond motifs is 1. The van der Waals surface area contributed by atoms with Crippen molar-refractivity contribution in [2.24, 2.45) is 7.05 Å². The maximum absolute atomic E-state index is 12.9. The normalized spacial score (nSPS) is 13.1. The first kappa shape index (κ1) is 13.0. The highest BCUT2D eigenvalue weighted by atomic mass is 16.1. The third-order valence-corrected chi connectivity index (χ3v) is 4.67. The van der Waals surface area contributed by atoms with E-state index in [-0.39, 0.29) is 41.7 Å². The van der Waals surface area contributed by atoms with Gasteiger partial charge in [-0.1, -0.05) is 41.9 Å². The van der Waals surface area contributed by atoms with Crippen LogP contribution in [0.2, 0.25) is 0 Å². The molecule has 4 heteroatoms. The number of benzene rings is 2. The van der Waals surface area contributed by atoms with Gasteiger partial charge in [-0.25, -0.2) is 4.98 Å². The largest absolute Gasteiger partial charge is 0.331 e. The van der Waals surface area contributed by atoms with Crippen molar-refractivity contribution in [3.8, 4) is 11.3 Å². The van der Waals surface area contributed by atoms with E-state index in [1.165, 1.54) is 6.92 Å². The molecular formula is C23H21N3O. The quantitative estimate of drug-likeness (QED) is 0.497. The van der Waals surface area contributed by atoms with Crippen LogP contribution in [0.1, 0.15) is 32.9 Å². The van der Waals surface area contributed by atoms with Crippen LogP contribution >= 0.6 is 0 Å². The second-order valence-electron chi connectivity index (χ2n) is 6.59. The monoisotopic (exact) mass is 359 g/mol. The van der Waals surface area contributed by atoms with Gasteiger partial charge >= 0.3 is 0 Å². The Morgan fingerprint density at radius 3 is 2.52 bits per heavy atom. The van der Waals surface area contributed by atoms with Gasteiger partial charge in [0.15, 0.2) is 5.78 Å². The van der Waals surface area contributed by atoms with E-state index in [0.29, 0.717) is 5.69 Å². The molecule has 134 valence electrons. The van der Waals surface area contributed by atoms with Gasteiger partial charge in [0.1, 0.15) is 5.82 Å². The van der Waals surface area contributed by atoms with Gasteiger partial charge in [-0.3, -0.25) is 9.78 Å². The van der Waals surface area contributed by atoms with Gasteiger partial charge in [0, 0.05) is 35.5 Å². The van der Waals surface area contributed by atoms with Gasteiger partial charge in [-0.2, -0.15) is 0 Å². The van der Waals surface area contributed by atoms with Crippen molar-refractivity contribution in [3.05, 3.63) is 83.5 Å². The highest BCUT2D eigenvalue weighted by Crippen LogP contribution is 2.25. The molecule has 27 heavy (non-hydrogen) atoms. The van der Waals surface area contributed by atoms with Crippen LogP contribution in [-0.2, 0) is 13.5 Å². The number of aryl methyl sites for hydroxylation is 1. The molecule has 0 N–H and O–H groups in total. The molecule has 0 amide bonds. The Morgan fingerprint density at radius 2 is 1.81 bits per heavy atom. The predicted molar refractivity (Wildman–Crippen MR) is 108 cm³/mol. The van der Waals surface area contributed by atoms with Gasteiger partial charge in [-0.15, -0.1) is 0 Å². The van der Waals surface area contributed by atoms with Crippen molar-refractivity contribution < 1.29 is 10.3 Å². The van der Waals surface area contributed by atoms with Crippen LogP contribution in [0.3, 0.4) is 0 Å². The van der Waals surface area contributed by atoms with Crippen molar-refractivity contribution in [2.45, 2.75) is 20.3 Å². The van der Waals surface area contributed by atoms with Gasteiger partial charge in [0.05, 0.1) is 23.8 Å². The summed E-state index contributed by atoms with van der Waals surface area (Å²) in [6, 6.07) is 6.82. The Hall–Kier alpha value is -3.27. The van der Waals surface area contributed by atoms with Crippen molar-refractivity contribution in [1.82, 2.24) is 14.5 Å². The van der Waals surface area contributed by atoms with E-state index in [1.807, 2.05) is 49.0 Å². The molecule has 0 aliphatic heterocycles. The molecule has 4 rings (SSSR count). The number of carbonyl (C=O) groups is 1. The molecule has 0 atom stereocenters. The SMILES string of the molecule is [2H]c1c([2H])c(C(=O)Cc2cc3cc(-c4cnc(C)n4C)ccc3cn2)c([2H])c([2H])c1C. The minimum Gasteiger partial charge on any atom is -0.331 e. The number of nitrogens with zero attached hydrogens (tertiary/aromatic N) is 3. The molecule has 0 saturated carbocycles. The summed E-state index contributed by atoms with van der Waals surface area (Å²) < 4.78 is 34.1. The Balaban J connectivity index is 1.71. The topological polar surface area (TPSA) is 47.8 Å². The number of aromatic nitrogens is 3. The molecule has 2 aromatic carbocycles. The highest BCUT2D eigenvalue weighted by molar-refractivity contribution is 5.98. The standard InChI is InChI=1S/C23H21N3O/c1-15-4-6-17(7-5-15)23(27)12-21-11-20-10-18(8-9-19(20)13-25-21)22-14-24-16(2)26(22)3/h4-11,13-14H,12H2,1-3H3/i4D,5D,6D,7D. The predicted octanol–water partition coefficient (Wildman–Crippen LogP) is 4.68. The summed E-state index contributed by atoms with van der Waals surface area (Å²) in [5.74, 6) is 0.427. The lowest BCUT2D eigenvalue weighted by Gasteiger charge is -2.07. The smallest absolute Gasteiger partial charge is 0.168 e. The minimum atomic E-state index is -0.484. The Bertz CT molecular complexity index is 1330. The second-order valence-corrected chi connectivity index (χ2v) is 6.59. The Labute approximate surface area is 164 Å². The van der Waals surface area contributed by atoms with Gasteiger partial charge in [0.25, 0.3) is 0 Å². The molecular weight excluding hydrogens is 334 g/mol. The third kappa shape index (κ3) is 3.38. The third-order valence-electron chi connectivity index (χ3n) is 4.67. The van der Waals surface area contributed by atoms with E-state index < -0.39 is 5.78 Å². The van der Waals surface area contributed by atoms with Crippen molar-refractivity contribution >= 4 is 16.6 Å². The number of rotatable bonds is 4. The lowest BCUT2D eigenvalue weighted by Crippen LogP contribution is -2.05. The number of hydrogen-bond donors (Lipinski definition) is 0. The molecule has 0 unspecified atom stereocenters. The summed E-state index contributed by atoms with van der Waals surface area (Å²) in [5.41, 5.74) is 2.53. The minimum absolute atomic E-state index is 0.106. The fourth-order valence-electron chi connectivity index (χ4n) is 2.98. The summed E-state index contributed by atoms with van der Waals surface area (Å²) in [6.45, 7) is 3.45. The van der Waals surface area contributed by atoms with Crippen molar-refractivity contribution in [3.63, 3.8) is 0 Å². The number of hydrogen-bond acceptors (Lipinski definition) is 3. The second kappa shape index (κ2) is 6.80. The molecule has 2 heterocycles. The molecule has 4 aromatic rings. The van der Waals surface area contributed by atoms with Gasteiger partial charge < -0.3 is 4.57 Å². The van der Waals surface area contributed by atoms with Crippen molar-refractivity contribution in [1.29, 1.82) is 0 Å². The van der Waals surface area contributed by atoms with Gasteiger partial charge in [-0.05, 0) is 31.4 Å². The van der Waals surface area contributed by atoms with E-state index >= 15 is 0 Å². The molecule has 4 nitrogen and oxygen atoms in total. The zero-order valence-corrected chi connectivity index (χ0v) is 15.4. The molecule has 0 fully saturated rings. The first-order valence-electron chi connectivity index (χ1n) is 10.7. The summed E-state index contributed by atoms with van der Waals surface area (Å²) in [5, 5.41) is 1.84. The molecule has 0 aliphatic rings. The van der Waals surface area contributed by atoms with Crippen LogP contribution in [0.15, 0.2) is 60.8 Å². The first-order valence-corrected chi connectivity index (χ1v) is 8.66. The number of ketones is 1. The number of Topliss-reactive ketones (excluding diaryl/α,β-unsaturated/α-hetero) is 1. The Kier molecular flexibility index (Phi) is 3.27. The van der Waals surface area contributed by atoms with E-state index in [0.717, 1.165) is 27.9 Å². The molecule has 0 spiro atoms. The van der Waals surface area contributed by atoms with Crippen LogP contribution in [-0.4, -0.2) is 20.3 Å². The average Bonchev–Trinajstić information content (AvgIpc) is 3.09. The molecule has 0 saturated heterocycles. The van der Waals surface area contributed by atoms with Crippen molar-refractivity contribution in [2.75, 3.05) is 0 Å². The fraction of sp³-hybridized carbons (Fsp3) is 0.174. The zero-order chi connectivity index (χ0) is 22.4. The van der Waals surface area contributed by atoms with E-state index in [2.05, 4.69) is 9.97 Å². The summed E-state index contributed by atoms with van der Waals surface area (Å²) in [6.07, 6.45) is 3.41. The lowest BCUT2D eigenvalue weighted by atomic mass is 10.0. The average molecular weight is 359 g/mol. The summed E-state index contributed by atoms with van der Waals surface area (Å²) in [7, 11) is 1.96. The zero-order valence-electron chi connectivity index (χ0n) is 19.4. The molecule has 0 radical (unpaired) electrons.